The van der Waals surface area contributed by atoms with E-state index in [-0.39, 0.29) is 30.1 Å². The molecule has 8 heteroatoms. The maximum absolute atomic E-state index is 13.1. The lowest BCUT2D eigenvalue weighted by molar-refractivity contribution is -0.141. The van der Waals surface area contributed by atoms with E-state index < -0.39 is 29.1 Å². The van der Waals surface area contributed by atoms with Crippen molar-refractivity contribution in [2.75, 3.05) is 11.4 Å². The molecule has 8 nitrogen and oxygen atoms in total. The molecule has 2 heterocycles. The molecule has 150 valence electrons. The largest absolute Gasteiger partial charge is 0.508 e. The van der Waals surface area contributed by atoms with Gasteiger partial charge in [-0.3, -0.25) is 24.1 Å². The molecule has 1 aromatic carbocycles. The number of aromatic amines is 1. The summed E-state index contributed by atoms with van der Waals surface area (Å²) < 4.78 is 0. The molecule has 0 unspecified atom stereocenters. The van der Waals surface area contributed by atoms with E-state index in [2.05, 4.69) is 10.3 Å². The average molecular weight is 395 g/mol. The van der Waals surface area contributed by atoms with Gasteiger partial charge in [-0.2, -0.15) is 0 Å². The number of carbonyl (C=O) groups is 3. The van der Waals surface area contributed by atoms with Gasteiger partial charge < -0.3 is 15.4 Å². The van der Waals surface area contributed by atoms with Gasteiger partial charge in [-0.15, -0.1) is 0 Å². The Morgan fingerprint density at radius 1 is 1.14 bits per heavy atom. The van der Waals surface area contributed by atoms with Crippen LogP contribution in [0.5, 0.6) is 5.75 Å². The van der Waals surface area contributed by atoms with Gasteiger partial charge in [0.1, 0.15) is 11.6 Å². The van der Waals surface area contributed by atoms with Gasteiger partial charge in [0.25, 0.3) is 11.5 Å². The van der Waals surface area contributed by atoms with Crippen molar-refractivity contribution in [3.05, 3.63) is 58.4 Å². The fourth-order valence-electron chi connectivity index (χ4n) is 3.68. The van der Waals surface area contributed by atoms with Crippen molar-refractivity contribution < 1.29 is 19.5 Å². The molecule has 2 fully saturated rings. The summed E-state index contributed by atoms with van der Waals surface area (Å²) >= 11 is 0. The monoisotopic (exact) mass is 395 g/mol. The minimum absolute atomic E-state index is 0.0351. The third-order valence-electron chi connectivity index (χ3n) is 5.33. The summed E-state index contributed by atoms with van der Waals surface area (Å²) in [5, 5.41) is 12.4. The SMILES string of the molecule is O=C(NC1CC1)C(=O)[C@H]1CN(c2cc(O)cc(=O)[nH]2)C(=O)[C@@H]1Cc1ccccc1. The molecule has 1 aliphatic heterocycles. The van der Waals surface area contributed by atoms with Gasteiger partial charge in [-0.1, -0.05) is 30.3 Å². The molecule has 1 saturated carbocycles. The smallest absolute Gasteiger partial charge is 0.287 e. The number of Topliss-reactive ketones (excluding diaryl/α,β-unsaturated/α-hetero) is 1. The normalized spacial score (nSPS) is 21.2. The fourth-order valence-corrected chi connectivity index (χ4v) is 3.68. The number of nitrogens with zero attached hydrogens (tertiary/aromatic N) is 1. The molecule has 29 heavy (non-hydrogen) atoms. The molecular formula is C21H21N3O5. The van der Waals surface area contributed by atoms with Crippen LogP contribution in [0.1, 0.15) is 18.4 Å². The molecule has 3 N–H and O–H groups in total. The third-order valence-corrected chi connectivity index (χ3v) is 5.33. The topological polar surface area (TPSA) is 120 Å². The molecule has 2 aliphatic rings. The van der Waals surface area contributed by atoms with Gasteiger partial charge in [0.05, 0.1) is 11.8 Å². The summed E-state index contributed by atoms with van der Waals surface area (Å²) in [6.07, 6.45) is 2.01. The Balaban J connectivity index is 1.64. The average Bonchev–Trinajstić information content (AvgIpc) is 3.44. The first-order valence-electron chi connectivity index (χ1n) is 9.55. The summed E-state index contributed by atoms with van der Waals surface area (Å²) in [7, 11) is 0. The van der Waals surface area contributed by atoms with Crippen LogP contribution in [-0.2, 0) is 20.8 Å². The van der Waals surface area contributed by atoms with Gasteiger partial charge in [0.15, 0.2) is 0 Å². The second kappa shape index (κ2) is 7.54. The van der Waals surface area contributed by atoms with Crippen molar-refractivity contribution >= 4 is 23.4 Å². The highest BCUT2D eigenvalue weighted by atomic mass is 16.3. The van der Waals surface area contributed by atoms with Crippen LogP contribution in [0, 0.1) is 11.8 Å². The number of pyridine rings is 1. The lowest BCUT2D eigenvalue weighted by Crippen LogP contribution is -2.39. The standard InChI is InChI=1S/C21H21N3O5/c25-14-9-17(23-18(26)10-14)24-11-16(19(27)20(28)22-13-6-7-13)15(21(24)29)8-12-4-2-1-3-5-12/h1-5,9-10,13,15-16H,6-8,11H2,(H,22,28)(H2,23,25,26)/t15-,16+/m1/s1. The first kappa shape index (κ1) is 18.9. The molecule has 2 atom stereocenters. The maximum Gasteiger partial charge on any atom is 0.287 e. The highest BCUT2D eigenvalue weighted by Crippen LogP contribution is 2.33. The first-order chi connectivity index (χ1) is 13.9. The van der Waals surface area contributed by atoms with E-state index in [0.717, 1.165) is 24.5 Å². The van der Waals surface area contributed by atoms with Crippen LogP contribution < -0.4 is 15.8 Å². The first-order valence-corrected chi connectivity index (χ1v) is 9.55. The predicted octanol–water partition coefficient (Wildman–Crippen LogP) is 0.750. The maximum atomic E-state index is 13.1. The van der Waals surface area contributed by atoms with Gasteiger partial charge in [0, 0.05) is 24.7 Å². The van der Waals surface area contributed by atoms with Crippen LogP contribution in [0.2, 0.25) is 0 Å². The van der Waals surface area contributed by atoms with Crippen molar-refractivity contribution in [1.29, 1.82) is 0 Å². The number of benzene rings is 1. The second-order valence-corrected chi connectivity index (χ2v) is 7.55. The number of hydrogen-bond donors (Lipinski definition) is 3. The lowest BCUT2D eigenvalue weighted by Gasteiger charge is -2.16. The summed E-state index contributed by atoms with van der Waals surface area (Å²) in [5.74, 6) is -3.42. The van der Waals surface area contributed by atoms with E-state index in [0.29, 0.717) is 6.42 Å². The third kappa shape index (κ3) is 4.06. The highest BCUT2D eigenvalue weighted by Gasteiger charge is 2.47. The molecule has 2 aromatic rings. The number of ketones is 1. The van der Waals surface area contributed by atoms with Crippen LogP contribution in [0.4, 0.5) is 5.82 Å². The molecular weight excluding hydrogens is 374 g/mol. The fraction of sp³-hybridized carbons (Fsp3) is 0.333. The number of aromatic nitrogens is 1. The number of amides is 2. The van der Waals surface area contributed by atoms with Gasteiger partial charge in [0.2, 0.25) is 11.7 Å². The zero-order valence-electron chi connectivity index (χ0n) is 15.6. The lowest BCUT2D eigenvalue weighted by atomic mass is 9.86. The number of nitrogens with one attached hydrogen (secondary N) is 2. The van der Waals surface area contributed by atoms with E-state index in [1.54, 1.807) is 0 Å². The summed E-state index contributed by atoms with van der Waals surface area (Å²) in [4.78, 5) is 53.8. The van der Waals surface area contributed by atoms with Crippen molar-refractivity contribution in [3.8, 4) is 5.75 Å². The van der Waals surface area contributed by atoms with E-state index in [1.165, 1.54) is 11.0 Å². The quantitative estimate of drug-likeness (QED) is 0.624. The van der Waals surface area contributed by atoms with Gasteiger partial charge in [-0.05, 0) is 24.8 Å². The Morgan fingerprint density at radius 3 is 2.52 bits per heavy atom. The second-order valence-electron chi connectivity index (χ2n) is 7.55. The number of rotatable bonds is 6. The minimum atomic E-state index is -0.840. The zero-order valence-corrected chi connectivity index (χ0v) is 15.6. The summed E-state index contributed by atoms with van der Waals surface area (Å²) in [6, 6.07) is 11.6. The van der Waals surface area contributed by atoms with Crippen LogP contribution in [0.3, 0.4) is 0 Å². The molecule has 1 aliphatic carbocycles. The van der Waals surface area contributed by atoms with Crippen molar-refractivity contribution in [2.45, 2.75) is 25.3 Å². The Morgan fingerprint density at radius 2 is 1.86 bits per heavy atom. The number of anilines is 1. The predicted molar refractivity (Wildman–Crippen MR) is 104 cm³/mol. The van der Waals surface area contributed by atoms with Crippen molar-refractivity contribution in [1.82, 2.24) is 10.3 Å². The molecule has 1 saturated heterocycles. The number of H-pyrrole nitrogens is 1. The van der Waals surface area contributed by atoms with E-state index in [1.807, 2.05) is 30.3 Å². The molecule has 0 radical (unpaired) electrons. The van der Waals surface area contributed by atoms with Crippen molar-refractivity contribution in [2.24, 2.45) is 11.8 Å². The molecule has 0 spiro atoms. The Kier molecular flexibility index (Phi) is 4.92. The summed E-state index contributed by atoms with van der Waals surface area (Å²) in [6.45, 7) is -0.0351. The minimum Gasteiger partial charge on any atom is -0.508 e. The summed E-state index contributed by atoms with van der Waals surface area (Å²) in [5.41, 5.74) is 0.311. The molecule has 2 amide bonds. The van der Waals surface area contributed by atoms with Crippen molar-refractivity contribution in [3.63, 3.8) is 0 Å². The van der Waals surface area contributed by atoms with Gasteiger partial charge in [-0.25, -0.2) is 0 Å². The van der Waals surface area contributed by atoms with E-state index in [4.69, 9.17) is 0 Å². The Labute approximate surface area is 166 Å². The van der Waals surface area contributed by atoms with E-state index >= 15 is 0 Å². The highest BCUT2D eigenvalue weighted by molar-refractivity contribution is 6.38. The van der Waals surface area contributed by atoms with Crippen LogP contribution >= 0.6 is 0 Å². The molecule has 1 aromatic heterocycles. The number of carbonyl (C=O) groups excluding carboxylic acids is 3. The van der Waals surface area contributed by atoms with Crippen LogP contribution in [-0.4, -0.2) is 40.3 Å². The van der Waals surface area contributed by atoms with Gasteiger partial charge >= 0.3 is 0 Å². The molecule has 4 rings (SSSR count). The Hall–Kier alpha value is -3.42. The van der Waals surface area contributed by atoms with E-state index in [9.17, 15) is 24.3 Å². The van der Waals surface area contributed by atoms with Crippen LogP contribution in [0.25, 0.3) is 0 Å². The van der Waals surface area contributed by atoms with Crippen LogP contribution in [0.15, 0.2) is 47.3 Å². The zero-order chi connectivity index (χ0) is 20.5. The number of hydrogen-bond acceptors (Lipinski definition) is 5. The molecule has 0 bridgehead atoms. The Bertz CT molecular complexity index is 1010. The number of aromatic hydroxyl groups is 1.